The van der Waals surface area contributed by atoms with Crippen LogP contribution in [0.1, 0.15) is 29.3 Å². The lowest BCUT2D eigenvalue weighted by Gasteiger charge is -2.38. The van der Waals surface area contributed by atoms with E-state index < -0.39 is 35.3 Å². The highest BCUT2D eigenvalue weighted by Crippen LogP contribution is 2.46. The number of aromatic amines is 1. The van der Waals surface area contributed by atoms with E-state index in [1.54, 1.807) is 6.92 Å². The largest absolute Gasteiger partial charge is 0.374 e. The fourth-order valence-electron chi connectivity index (χ4n) is 4.66. The normalized spacial score (nSPS) is 26.0. The number of H-pyrrole nitrogens is 1. The minimum atomic E-state index is -0.791. The number of nitrogens with one attached hydrogen (secondary N) is 1. The highest BCUT2D eigenvalue weighted by Gasteiger charge is 2.60. The topological polar surface area (TPSA) is 91.8 Å². The average Bonchev–Trinajstić information content (AvgIpc) is 3.01. The van der Waals surface area contributed by atoms with Crippen LogP contribution in [0.4, 0.5) is 0 Å². The van der Waals surface area contributed by atoms with Crippen molar-refractivity contribution in [3.8, 4) is 0 Å². The summed E-state index contributed by atoms with van der Waals surface area (Å²) in [5.41, 5.74) is 0.758. The molecular weight excluding hydrogens is 436 g/mol. The van der Waals surface area contributed by atoms with Gasteiger partial charge in [-0.25, -0.2) is 4.79 Å². The molecule has 2 bridgehead atoms. The molecule has 3 aromatic rings. The van der Waals surface area contributed by atoms with Crippen LogP contribution in [0, 0.1) is 6.92 Å². The molecule has 34 heavy (non-hydrogen) atoms. The molecule has 8 heteroatoms. The molecule has 2 aliphatic rings. The molecule has 8 nitrogen and oxygen atoms in total. The second-order valence-electron chi connectivity index (χ2n) is 8.83. The third kappa shape index (κ3) is 4.50. The van der Waals surface area contributed by atoms with Crippen molar-refractivity contribution in [3.63, 3.8) is 0 Å². The molecule has 1 N–H and O–H groups in total. The predicted molar refractivity (Wildman–Crippen MR) is 124 cm³/mol. The van der Waals surface area contributed by atoms with Crippen LogP contribution in [0.25, 0.3) is 0 Å². The Labute approximate surface area is 197 Å². The molecule has 0 radical (unpaired) electrons. The van der Waals surface area contributed by atoms with Gasteiger partial charge in [0.1, 0.15) is 17.8 Å². The first-order valence-electron chi connectivity index (χ1n) is 11.4. The van der Waals surface area contributed by atoms with Gasteiger partial charge in [0.2, 0.25) is 0 Å². The second-order valence-corrected chi connectivity index (χ2v) is 8.83. The molecule has 1 aromatic heterocycles. The Morgan fingerprint density at radius 1 is 1.03 bits per heavy atom. The predicted octanol–water partition coefficient (Wildman–Crippen LogP) is 2.70. The van der Waals surface area contributed by atoms with Crippen molar-refractivity contribution in [1.29, 1.82) is 0 Å². The van der Waals surface area contributed by atoms with Gasteiger partial charge in [-0.1, -0.05) is 60.7 Å². The Balaban J connectivity index is 1.42. The SMILES string of the molecule is Cc1cn(C2OC3(COCc4ccccc4)CCOC2C3OCc2ccccc2)c(=O)[nH]c1=O. The van der Waals surface area contributed by atoms with Crippen LogP contribution >= 0.6 is 0 Å². The number of fused-ring (bicyclic) bond motifs is 2. The highest BCUT2D eigenvalue weighted by atomic mass is 16.6. The minimum absolute atomic E-state index is 0.287. The number of benzene rings is 2. The van der Waals surface area contributed by atoms with Crippen LogP contribution in [-0.2, 0) is 32.2 Å². The van der Waals surface area contributed by atoms with Crippen molar-refractivity contribution in [3.05, 3.63) is 104 Å². The van der Waals surface area contributed by atoms with Crippen molar-refractivity contribution in [2.45, 2.75) is 50.6 Å². The van der Waals surface area contributed by atoms with Gasteiger partial charge in [0.25, 0.3) is 5.56 Å². The number of hydrogen-bond acceptors (Lipinski definition) is 6. The van der Waals surface area contributed by atoms with E-state index in [1.165, 1.54) is 10.8 Å². The maximum Gasteiger partial charge on any atom is 0.330 e. The van der Waals surface area contributed by atoms with Gasteiger partial charge in [-0.05, 0) is 18.1 Å². The van der Waals surface area contributed by atoms with E-state index in [0.29, 0.717) is 31.8 Å². The van der Waals surface area contributed by atoms with Crippen LogP contribution in [0.3, 0.4) is 0 Å². The summed E-state index contributed by atoms with van der Waals surface area (Å²) in [7, 11) is 0. The number of rotatable bonds is 8. The van der Waals surface area contributed by atoms with Gasteiger partial charge in [-0.2, -0.15) is 0 Å². The number of aryl methyl sites for hydroxylation is 1. The van der Waals surface area contributed by atoms with Crippen molar-refractivity contribution >= 4 is 0 Å². The van der Waals surface area contributed by atoms with Gasteiger partial charge in [0, 0.05) is 18.2 Å². The van der Waals surface area contributed by atoms with Crippen molar-refractivity contribution in [2.24, 2.45) is 0 Å². The standard InChI is InChI=1S/C26H28N2O6/c1-18-14-28(25(30)27-23(18)29)24-21-22(33-16-20-10-6-3-7-11-20)26(34-24,12-13-32-21)17-31-15-19-8-4-2-5-9-19/h2-11,14,21-22,24H,12-13,15-17H2,1H3,(H,27,29,30). The quantitative estimate of drug-likeness (QED) is 0.551. The first kappa shape index (κ1) is 22.7. The molecular formula is C26H28N2O6. The molecule has 0 saturated carbocycles. The van der Waals surface area contributed by atoms with E-state index in [4.69, 9.17) is 18.9 Å². The molecule has 2 aromatic carbocycles. The van der Waals surface area contributed by atoms with Crippen molar-refractivity contribution in [1.82, 2.24) is 9.55 Å². The zero-order valence-corrected chi connectivity index (χ0v) is 19.0. The molecule has 2 fully saturated rings. The molecule has 0 aliphatic carbocycles. The molecule has 2 saturated heterocycles. The number of aromatic nitrogens is 2. The molecule has 178 valence electrons. The summed E-state index contributed by atoms with van der Waals surface area (Å²) >= 11 is 0. The van der Waals surface area contributed by atoms with Crippen LogP contribution < -0.4 is 11.2 Å². The van der Waals surface area contributed by atoms with Gasteiger partial charge < -0.3 is 18.9 Å². The van der Waals surface area contributed by atoms with Crippen molar-refractivity contribution in [2.75, 3.05) is 13.2 Å². The summed E-state index contributed by atoms with van der Waals surface area (Å²) in [4.78, 5) is 26.9. The molecule has 3 heterocycles. The molecule has 0 spiro atoms. The zero-order valence-electron chi connectivity index (χ0n) is 19.0. The molecule has 4 atom stereocenters. The molecule has 5 rings (SSSR count). The summed E-state index contributed by atoms with van der Waals surface area (Å²) in [5, 5.41) is 0. The van der Waals surface area contributed by atoms with Crippen LogP contribution in [-0.4, -0.2) is 40.6 Å². The summed E-state index contributed by atoms with van der Waals surface area (Å²) in [6.45, 7) is 3.21. The Morgan fingerprint density at radius 2 is 1.71 bits per heavy atom. The Kier molecular flexibility index (Phi) is 6.47. The van der Waals surface area contributed by atoms with E-state index in [0.717, 1.165) is 11.1 Å². The summed E-state index contributed by atoms with van der Waals surface area (Å²) in [6, 6.07) is 19.8. The minimum Gasteiger partial charge on any atom is -0.374 e. The van der Waals surface area contributed by atoms with E-state index >= 15 is 0 Å². The summed E-state index contributed by atoms with van der Waals surface area (Å²) < 4.78 is 26.5. The Hall–Kier alpha value is -3.04. The maximum absolute atomic E-state index is 12.7. The first-order chi connectivity index (χ1) is 16.6. The summed E-state index contributed by atoms with van der Waals surface area (Å²) in [5.74, 6) is 0. The van der Waals surface area contributed by atoms with E-state index in [9.17, 15) is 9.59 Å². The number of hydrogen-bond donors (Lipinski definition) is 1. The monoisotopic (exact) mass is 464 g/mol. The lowest BCUT2D eigenvalue weighted by Crippen LogP contribution is -2.53. The number of ether oxygens (including phenoxy) is 4. The summed E-state index contributed by atoms with van der Waals surface area (Å²) in [6.07, 6.45) is 0.349. The Bertz CT molecular complexity index is 1230. The van der Waals surface area contributed by atoms with E-state index in [-0.39, 0.29) is 6.61 Å². The van der Waals surface area contributed by atoms with Gasteiger partial charge in [0.15, 0.2) is 6.23 Å². The fraction of sp³-hybridized carbons (Fsp3) is 0.385. The average molecular weight is 465 g/mol. The van der Waals surface area contributed by atoms with Gasteiger partial charge in [-0.3, -0.25) is 14.3 Å². The zero-order chi connectivity index (χ0) is 23.5. The highest BCUT2D eigenvalue weighted by molar-refractivity contribution is 5.15. The third-order valence-electron chi connectivity index (χ3n) is 6.44. The van der Waals surface area contributed by atoms with Gasteiger partial charge in [0.05, 0.1) is 26.4 Å². The van der Waals surface area contributed by atoms with Crippen LogP contribution in [0.5, 0.6) is 0 Å². The molecule has 0 amide bonds. The lowest BCUT2D eigenvalue weighted by molar-refractivity contribution is -0.178. The fourth-order valence-corrected chi connectivity index (χ4v) is 4.66. The Morgan fingerprint density at radius 3 is 2.41 bits per heavy atom. The van der Waals surface area contributed by atoms with Gasteiger partial charge >= 0.3 is 5.69 Å². The van der Waals surface area contributed by atoms with Crippen LogP contribution in [0.2, 0.25) is 0 Å². The van der Waals surface area contributed by atoms with Gasteiger partial charge in [-0.15, -0.1) is 0 Å². The maximum atomic E-state index is 12.7. The smallest absolute Gasteiger partial charge is 0.330 e. The molecule has 2 aliphatic heterocycles. The molecule has 4 unspecified atom stereocenters. The van der Waals surface area contributed by atoms with Crippen LogP contribution in [0.15, 0.2) is 76.4 Å². The number of nitrogens with zero attached hydrogens (tertiary/aromatic N) is 1. The van der Waals surface area contributed by atoms with E-state index in [2.05, 4.69) is 4.98 Å². The van der Waals surface area contributed by atoms with Crippen molar-refractivity contribution < 1.29 is 18.9 Å². The second kappa shape index (κ2) is 9.68. The lowest BCUT2D eigenvalue weighted by atomic mass is 9.90. The first-order valence-corrected chi connectivity index (χ1v) is 11.4. The van der Waals surface area contributed by atoms with E-state index in [1.807, 2.05) is 60.7 Å². The third-order valence-corrected chi connectivity index (χ3v) is 6.44.